The van der Waals surface area contributed by atoms with Crippen molar-refractivity contribution in [1.82, 2.24) is 14.7 Å². The van der Waals surface area contributed by atoms with Crippen molar-refractivity contribution in [3.63, 3.8) is 0 Å². The zero-order valence-electron chi connectivity index (χ0n) is 10.8. The molecule has 0 saturated carbocycles. The molecule has 1 aliphatic heterocycles. The van der Waals surface area contributed by atoms with Crippen LogP contribution in [-0.2, 0) is 0 Å². The molecule has 19 heavy (non-hydrogen) atoms. The van der Waals surface area contributed by atoms with Gasteiger partial charge in [0.05, 0.1) is 7.11 Å². The van der Waals surface area contributed by atoms with E-state index in [4.69, 9.17) is 4.74 Å². The first-order valence-corrected chi connectivity index (χ1v) is 7.08. The third-order valence-electron chi connectivity index (χ3n) is 3.13. The topological polar surface area (TPSA) is 50.3 Å². The van der Waals surface area contributed by atoms with Crippen LogP contribution in [0.1, 0.15) is 0 Å². The van der Waals surface area contributed by atoms with E-state index in [0.717, 1.165) is 48.4 Å². The second-order valence-electron chi connectivity index (χ2n) is 4.37. The minimum absolute atomic E-state index is 0.775. The number of hydrogen-bond acceptors (Lipinski definition) is 6. The van der Waals surface area contributed by atoms with E-state index in [1.165, 1.54) is 11.5 Å². The predicted octanol–water partition coefficient (Wildman–Crippen LogP) is 1.62. The van der Waals surface area contributed by atoms with Crippen LogP contribution in [0.25, 0.3) is 11.4 Å². The Hall–Kier alpha value is -1.66. The molecule has 1 fully saturated rings. The van der Waals surface area contributed by atoms with Gasteiger partial charge in [-0.25, -0.2) is 0 Å². The summed E-state index contributed by atoms with van der Waals surface area (Å²) in [6.07, 6.45) is 0. The van der Waals surface area contributed by atoms with Crippen molar-refractivity contribution in [2.24, 2.45) is 0 Å². The van der Waals surface area contributed by atoms with Crippen LogP contribution in [0.4, 0.5) is 5.13 Å². The van der Waals surface area contributed by atoms with Gasteiger partial charge in [0.15, 0.2) is 5.82 Å². The summed E-state index contributed by atoms with van der Waals surface area (Å²) in [5, 5.41) is 4.34. The van der Waals surface area contributed by atoms with Crippen LogP contribution in [0.5, 0.6) is 5.75 Å². The summed E-state index contributed by atoms with van der Waals surface area (Å²) >= 11 is 1.46. The van der Waals surface area contributed by atoms with Gasteiger partial charge < -0.3 is 15.0 Å². The summed E-state index contributed by atoms with van der Waals surface area (Å²) in [6.45, 7) is 4.00. The molecule has 0 unspecified atom stereocenters. The van der Waals surface area contributed by atoms with Crippen molar-refractivity contribution in [1.29, 1.82) is 0 Å². The summed E-state index contributed by atoms with van der Waals surface area (Å²) in [4.78, 5) is 6.91. The maximum Gasteiger partial charge on any atom is 0.205 e. The van der Waals surface area contributed by atoms with Gasteiger partial charge in [-0.2, -0.15) is 9.36 Å². The van der Waals surface area contributed by atoms with Crippen molar-refractivity contribution in [3.05, 3.63) is 24.3 Å². The number of methoxy groups -OCH3 is 1. The Balaban J connectivity index is 1.83. The molecule has 0 amide bonds. The fraction of sp³-hybridized carbons (Fsp3) is 0.385. The largest absolute Gasteiger partial charge is 0.497 e. The number of ether oxygens (including phenoxy) is 1. The minimum Gasteiger partial charge on any atom is -0.497 e. The monoisotopic (exact) mass is 276 g/mol. The van der Waals surface area contributed by atoms with Crippen molar-refractivity contribution < 1.29 is 4.74 Å². The van der Waals surface area contributed by atoms with E-state index in [9.17, 15) is 0 Å². The van der Waals surface area contributed by atoms with Crippen LogP contribution in [-0.4, -0.2) is 42.6 Å². The summed E-state index contributed by atoms with van der Waals surface area (Å²) in [6, 6.07) is 7.85. The first-order valence-electron chi connectivity index (χ1n) is 6.30. The minimum atomic E-state index is 0.775. The van der Waals surface area contributed by atoms with Gasteiger partial charge in [0.25, 0.3) is 0 Å². The second kappa shape index (κ2) is 5.54. The maximum atomic E-state index is 5.23. The highest BCUT2D eigenvalue weighted by Gasteiger charge is 2.15. The molecule has 1 aromatic carbocycles. The molecule has 0 radical (unpaired) electrons. The molecule has 2 heterocycles. The lowest BCUT2D eigenvalue weighted by molar-refractivity contribution is 0.415. The van der Waals surface area contributed by atoms with E-state index >= 15 is 0 Å². The van der Waals surface area contributed by atoms with E-state index in [1.807, 2.05) is 24.3 Å². The summed E-state index contributed by atoms with van der Waals surface area (Å²) < 4.78 is 9.68. The zero-order valence-corrected chi connectivity index (χ0v) is 11.6. The van der Waals surface area contributed by atoms with Gasteiger partial charge in [0.2, 0.25) is 5.13 Å². The van der Waals surface area contributed by atoms with Crippen LogP contribution >= 0.6 is 11.5 Å². The number of piperazine rings is 1. The second-order valence-corrected chi connectivity index (χ2v) is 5.10. The highest BCUT2D eigenvalue weighted by atomic mass is 32.1. The number of aromatic nitrogens is 2. The zero-order chi connectivity index (χ0) is 13.1. The Kier molecular flexibility index (Phi) is 3.61. The number of anilines is 1. The van der Waals surface area contributed by atoms with E-state index in [1.54, 1.807) is 7.11 Å². The Morgan fingerprint density at radius 3 is 2.95 bits per heavy atom. The average molecular weight is 276 g/mol. The smallest absolute Gasteiger partial charge is 0.205 e. The number of rotatable bonds is 3. The number of nitrogens with zero attached hydrogens (tertiary/aromatic N) is 3. The number of benzene rings is 1. The highest BCUT2D eigenvalue weighted by Crippen LogP contribution is 2.26. The van der Waals surface area contributed by atoms with E-state index in [2.05, 4.69) is 19.6 Å². The summed E-state index contributed by atoms with van der Waals surface area (Å²) in [5.41, 5.74) is 0.997. The molecular formula is C13H16N4OS. The van der Waals surface area contributed by atoms with E-state index < -0.39 is 0 Å². The predicted molar refractivity (Wildman–Crippen MR) is 77.0 cm³/mol. The molecule has 0 spiro atoms. The van der Waals surface area contributed by atoms with Gasteiger partial charge in [0.1, 0.15) is 5.75 Å². The molecular weight excluding hydrogens is 260 g/mol. The fourth-order valence-corrected chi connectivity index (χ4v) is 2.82. The quantitative estimate of drug-likeness (QED) is 0.923. The molecule has 5 nitrogen and oxygen atoms in total. The number of hydrogen-bond donors (Lipinski definition) is 1. The Morgan fingerprint density at radius 1 is 1.32 bits per heavy atom. The Labute approximate surface area is 116 Å². The third kappa shape index (κ3) is 2.69. The van der Waals surface area contributed by atoms with Crippen molar-refractivity contribution in [3.8, 4) is 17.1 Å². The molecule has 0 aliphatic carbocycles. The first-order chi connectivity index (χ1) is 9.36. The molecule has 1 aliphatic rings. The van der Waals surface area contributed by atoms with Crippen LogP contribution in [0.2, 0.25) is 0 Å². The molecule has 0 bridgehead atoms. The van der Waals surface area contributed by atoms with Crippen LogP contribution in [0.3, 0.4) is 0 Å². The van der Waals surface area contributed by atoms with Gasteiger partial charge in [-0.3, -0.25) is 0 Å². The number of nitrogens with one attached hydrogen (secondary N) is 1. The average Bonchev–Trinajstić information content (AvgIpc) is 2.98. The molecule has 1 saturated heterocycles. The van der Waals surface area contributed by atoms with E-state index in [0.29, 0.717) is 0 Å². The van der Waals surface area contributed by atoms with Crippen LogP contribution in [0.15, 0.2) is 24.3 Å². The third-order valence-corrected chi connectivity index (χ3v) is 3.91. The lowest BCUT2D eigenvalue weighted by atomic mass is 10.2. The Morgan fingerprint density at radius 2 is 2.16 bits per heavy atom. The lowest BCUT2D eigenvalue weighted by Crippen LogP contribution is -2.43. The maximum absolute atomic E-state index is 5.23. The van der Waals surface area contributed by atoms with Crippen LogP contribution in [0, 0.1) is 0 Å². The first kappa shape index (κ1) is 12.4. The molecule has 3 rings (SSSR count). The van der Waals surface area contributed by atoms with Crippen LogP contribution < -0.4 is 15.0 Å². The van der Waals surface area contributed by atoms with Crippen molar-refractivity contribution >= 4 is 16.7 Å². The SMILES string of the molecule is COc1cccc(-c2nsc(N3CCNCC3)n2)c1. The Bertz CT molecular complexity index is 551. The lowest BCUT2D eigenvalue weighted by Gasteiger charge is -2.26. The van der Waals surface area contributed by atoms with Gasteiger partial charge in [-0.15, -0.1) is 0 Å². The summed E-state index contributed by atoms with van der Waals surface area (Å²) in [5.74, 6) is 1.61. The fourth-order valence-electron chi connectivity index (χ4n) is 2.08. The molecule has 100 valence electrons. The van der Waals surface area contributed by atoms with Gasteiger partial charge in [-0.1, -0.05) is 12.1 Å². The van der Waals surface area contributed by atoms with Gasteiger partial charge in [0, 0.05) is 43.3 Å². The molecule has 6 heteroatoms. The van der Waals surface area contributed by atoms with E-state index in [-0.39, 0.29) is 0 Å². The molecule has 0 atom stereocenters. The highest BCUT2D eigenvalue weighted by molar-refractivity contribution is 7.09. The van der Waals surface area contributed by atoms with Gasteiger partial charge in [-0.05, 0) is 12.1 Å². The normalized spacial score (nSPS) is 15.5. The molecule has 2 aromatic rings. The van der Waals surface area contributed by atoms with Gasteiger partial charge >= 0.3 is 0 Å². The molecule has 1 aromatic heterocycles. The van der Waals surface area contributed by atoms with Crippen molar-refractivity contribution in [2.45, 2.75) is 0 Å². The summed E-state index contributed by atoms with van der Waals surface area (Å²) in [7, 11) is 1.67. The standard InChI is InChI=1S/C13H16N4OS/c1-18-11-4-2-3-10(9-11)12-15-13(19-16-12)17-7-5-14-6-8-17/h2-4,9,14H,5-8H2,1H3. The van der Waals surface area contributed by atoms with Crippen molar-refractivity contribution in [2.75, 3.05) is 38.2 Å². The molecule has 1 N–H and O–H groups in total.